The predicted octanol–water partition coefficient (Wildman–Crippen LogP) is 1.59. The molecule has 6 heteroatoms. The molecule has 0 radical (unpaired) electrons. The van der Waals surface area contributed by atoms with Crippen LogP contribution in [0.2, 0.25) is 0 Å². The molecule has 2 aromatic rings. The Labute approximate surface area is 118 Å². The molecule has 0 spiro atoms. The minimum absolute atomic E-state index is 0.0641. The lowest BCUT2D eigenvalue weighted by molar-refractivity contribution is 0.271. The van der Waals surface area contributed by atoms with Crippen molar-refractivity contribution in [2.75, 3.05) is 18.6 Å². The summed E-state index contributed by atoms with van der Waals surface area (Å²) in [4.78, 5) is 11.0. The van der Waals surface area contributed by atoms with Gasteiger partial charge in [0.15, 0.2) is 5.65 Å². The van der Waals surface area contributed by atoms with Crippen molar-refractivity contribution in [3.63, 3.8) is 0 Å². The lowest BCUT2D eigenvalue weighted by Crippen LogP contribution is -2.34. The van der Waals surface area contributed by atoms with Gasteiger partial charge in [-0.05, 0) is 12.8 Å². The number of anilines is 1. The number of aliphatic hydroxyl groups excluding tert-OH is 1. The summed E-state index contributed by atoms with van der Waals surface area (Å²) >= 11 is 0. The third-order valence-corrected chi connectivity index (χ3v) is 4.18. The largest absolute Gasteiger partial charge is 0.394 e. The minimum Gasteiger partial charge on any atom is -0.394 e. The lowest BCUT2D eigenvalue weighted by Gasteiger charge is -2.32. The second-order valence-corrected chi connectivity index (χ2v) is 5.43. The number of aromatic nitrogens is 4. The molecule has 1 aliphatic carbocycles. The second kappa shape index (κ2) is 5.75. The van der Waals surface area contributed by atoms with Crippen molar-refractivity contribution in [1.82, 2.24) is 19.7 Å². The Kier molecular flexibility index (Phi) is 3.82. The monoisotopic (exact) mass is 275 g/mol. The van der Waals surface area contributed by atoms with E-state index in [1.807, 2.05) is 0 Å². The van der Waals surface area contributed by atoms with Crippen LogP contribution in [0.1, 0.15) is 32.1 Å². The normalized spacial score (nSPS) is 16.7. The van der Waals surface area contributed by atoms with Gasteiger partial charge in [0, 0.05) is 13.1 Å². The summed E-state index contributed by atoms with van der Waals surface area (Å²) in [5, 5.41) is 14.3. The molecule has 1 N–H and O–H groups in total. The standard InChI is InChI=1S/C14H21N5O/c1-18(11-5-3-2-4-6-11)13-12-9-17-19(7-8-20)14(12)16-10-15-13/h9-11,20H,2-8H2,1H3. The van der Waals surface area contributed by atoms with Crippen LogP contribution in [0.15, 0.2) is 12.5 Å². The number of hydrogen-bond donors (Lipinski definition) is 1. The molecule has 0 unspecified atom stereocenters. The third-order valence-electron chi connectivity index (χ3n) is 4.18. The first-order valence-corrected chi connectivity index (χ1v) is 7.31. The zero-order valence-electron chi connectivity index (χ0n) is 11.9. The number of rotatable bonds is 4. The molecule has 1 fully saturated rings. The molecule has 2 heterocycles. The van der Waals surface area contributed by atoms with Crippen LogP contribution in [0.3, 0.4) is 0 Å². The summed E-state index contributed by atoms with van der Waals surface area (Å²) in [5.74, 6) is 0.950. The Balaban J connectivity index is 1.94. The minimum atomic E-state index is 0.0641. The first-order valence-electron chi connectivity index (χ1n) is 7.31. The van der Waals surface area contributed by atoms with Gasteiger partial charge in [0.05, 0.1) is 24.7 Å². The molecule has 0 saturated heterocycles. The van der Waals surface area contributed by atoms with E-state index in [-0.39, 0.29) is 6.61 Å². The Morgan fingerprint density at radius 1 is 1.30 bits per heavy atom. The number of fused-ring (bicyclic) bond motifs is 1. The molecular weight excluding hydrogens is 254 g/mol. The van der Waals surface area contributed by atoms with Gasteiger partial charge in [-0.15, -0.1) is 0 Å². The molecule has 0 aromatic carbocycles. The Morgan fingerprint density at radius 2 is 2.10 bits per heavy atom. The van der Waals surface area contributed by atoms with E-state index in [1.54, 1.807) is 17.2 Å². The molecule has 0 bridgehead atoms. The van der Waals surface area contributed by atoms with Gasteiger partial charge in [0.2, 0.25) is 0 Å². The van der Waals surface area contributed by atoms with Crippen molar-refractivity contribution < 1.29 is 5.11 Å². The SMILES string of the molecule is CN(c1ncnc2c1cnn2CCO)C1CCCCC1. The first-order chi connectivity index (χ1) is 9.81. The smallest absolute Gasteiger partial charge is 0.163 e. The van der Waals surface area contributed by atoms with Gasteiger partial charge in [-0.3, -0.25) is 0 Å². The average molecular weight is 275 g/mol. The summed E-state index contributed by atoms with van der Waals surface area (Å²) in [6.45, 7) is 0.529. The predicted molar refractivity (Wildman–Crippen MR) is 77.7 cm³/mol. The van der Waals surface area contributed by atoms with Crippen molar-refractivity contribution in [3.05, 3.63) is 12.5 Å². The number of aliphatic hydroxyl groups is 1. The molecule has 20 heavy (non-hydrogen) atoms. The van der Waals surface area contributed by atoms with Crippen LogP contribution in [-0.2, 0) is 6.54 Å². The highest BCUT2D eigenvalue weighted by Crippen LogP contribution is 2.28. The molecule has 0 amide bonds. The number of hydrogen-bond acceptors (Lipinski definition) is 5. The molecular formula is C14H21N5O. The van der Waals surface area contributed by atoms with Crippen LogP contribution in [0.4, 0.5) is 5.82 Å². The fraction of sp³-hybridized carbons (Fsp3) is 0.643. The van der Waals surface area contributed by atoms with Crippen molar-refractivity contribution >= 4 is 16.9 Å². The maximum atomic E-state index is 9.07. The van der Waals surface area contributed by atoms with Gasteiger partial charge in [-0.25, -0.2) is 14.6 Å². The van der Waals surface area contributed by atoms with Crippen molar-refractivity contribution in [3.8, 4) is 0 Å². The fourth-order valence-corrected chi connectivity index (χ4v) is 3.06. The topological polar surface area (TPSA) is 67.1 Å². The van der Waals surface area contributed by atoms with Crippen LogP contribution in [0, 0.1) is 0 Å². The second-order valence-electron chi connectivity index (χ2n) is 5.43. The molecule has 0 atom stereocenters. The average Bonchev–Trinajstić information content (AvgIpc) is 2.91. The molecule has 108 valence electrons. The van der Waals surface area contributed by atoms with Crippen LogP contribution in [-0.4, -0.2) is 44.6 Å². The molecule has 6 nitrogen and oxygen atoms in total. The number of nitrogens with zero attached hydrogens (tertiary/aromatic N) is 5. The maximum absolute atomic E-state index is 9.07. The van der Waals surface area contributed by atoms with Gasteiger partial charge in [0.1, 0.15) is 12.1 Å². The van der Waals surface area contributed by atoms with Crippen LogP contribution >= 0.6 is 0 Å². The van der Waals surface area contributed by atoms with E-state index < -0.39 is 0 Å². The van der Waals surface area contributed by atoms with Gasteiger partial charge in [-0.2, -0.15) is 5.10 Å². The van der Waals surface area contributed by atoms with Crippen molar-refractivity contribution in [1.29, 1.82) is 0 Å². The van der Waals surface area contributed by atoms with E-state index in [0.29, 0.717) is 12.6 Å². The van der Waals surface area contributed by atoms with Gasteiger partial charge < -0.3 is 10.0 Å². The summed E-state index contributed by atoms with van der Waals surface area (Å²) in [6, 6.07) is 0.558. The van der Waals surface area contributed by atoms with E-state index in [1.165, 1.54) is 32.1 Å². The molecule has 3 rings (SSSR count). The molecule has 1 aliphatic rings. The van der Waals surface area contributed by atoms with Crippen molar-refractivity contribution in [2.24, 2.45) is 0 Å². The zero-order chi connectivity index (χ0) is 13.9. The van der Waals surface area contributed by atoms with Gasteiger partial charge in [-0.1, -0.05) is 19.3 Å². The lowest BCUT2D eigenvalue weighted by atomic mass is 9.94. The van der Waals surface area contributed by atoms with Crippen LogP contribution in [0.5, 0.6) is 0 Å². The summed E-state index contributed by atoms with van der Waals surface area (Å²) in [6.07, 6.45) is 9.80. The fourth-order valence-electron chi connectivity index (χ4n) is 3.06. The Bertz CT molecular complexity index is 576. The molecule has 1 saturated carbocycles. The highest BCUT2D eigenvalue weighted by molar-refractivity contribution is 5.86. The van der Waals surface area contributed by atoms with Gasteiger partial charge >= 0.3 is 0 Å². The van der Waals surface area contributed by atoms with Gasteiger partial charge in [0.25, 0.3) is 0 Å². The molecule has 0 aliphatic heterocycles. The highest BCUT2D eigenvalue weighted by atomic mass is 16.3. The first kappa shape index (κ1) is 13.3. The summed E-state index contributed by atoms with van der Waals surface area (Å²) in [5.41, 5.74) is 0.798. The zero-order valence-corrected chi connectivity index (χ0v) is 11.9. The third kappa shape index (κ3) is 2.35. The molecule has 2 aromatic heterocycles. The van der Waals surface area contributed by atoms with E-state index >= 15 is 0 Å². The highest BCUT2D eigenvalue weighted by Gasteiger charge is 2.21. The Morgan fingerprint density at radius 3 is 2.85 bits per heavy atom. The van der Waals surface area contributed by atoms with E-state index in [0.717, 1.165) is 16.9 Å². The van der Waals surface area contributed by atoms with Crippen molar-refractivity contribution in [2.45, 2.75) is 44.7 Å². The summed E-state index contributed by atoms with van der Waals surface area (Å²) < 4.78 is 1.73. The van der Waals surface area contributed by atoms with E-state index in [2.05, 4.69) is 27.0 Å². The quantitative estimate of drug-likeness (QED) is 0.917. The maximum Gasteiger partial charge on any atom is 0.163 e. The van der Waals surface area contributed by atoms with Crippen LogP contribution < -0.4 is 4.90 Å². The summed E-state index contributed by atoms with van der Waals surface area (Å²) in [7, 11) is 2.11. The van der Waals surface area contributed by atoms with E-state index in [9.17, 15) is 0 Å². The van der Waals surface area contributed by atoms with E-state index in [4.69, 9.17) is 5.11 Å². The van der Waals surface area contributed by atoms with Crippen LogP contribution in [0.25, 0.3) is 11.0 Å². The Hall–Kier alpha value is -1.69.